The number of halogens is 2. The normalized spacial score (nSPS) is 16.0. The Hall–Kier alpha value is -3.75. The molecule has 0 radical (unpaired) electrons. The molecule has 188 valence electrons. The zero-order valence-electron chi connectivity index (χ0n) is 19.9. The first-order valence-electron chi connectivity index (χ1n) is 12.3. The lowest BCUT2D eigenvalue weighted by Gasteiger charge is -2.34. The number of rotatable bonds is 5. The molecule has 3 heterocycles. The highest BCUT2D eigenvalue weighted by molar-refractivity contribution is 5.97. The lowest BCUT2D eigenvalue weighted by atomic mass is 10.1. The summed E-state index contributed by atoms with van der Waals surface area (Å²) in [5.74, 6) is 0.155. The van der Waals surface area contributed by atoms with Gasteiger partial charge in [-0.3, -0.25) is 9.59 Å². The third-order valence-corrected chi connectivity index (χ3v) is 6.79. The zero-order chi connectivity index (χ0) is 25.1. The van der Waals surface area contributed by atoms with Crippen molar-refractivity contribution in [3.8, 4) is 17.1 Å². The Kier molecular flexibility index (Phi) is 6.97. The molecular formula is C27H28F2N4O3. The highest BCUT2D eigenvalue weighted by atomic mass is 19.3. The van der Waals surface area contributed by atoms with Gasteiger partial charge < -0.3 is 19.1 Å². The van der Waals surface area contributed by atoms with E-state index >= 15 is 0 Å². The minimum absolute atomic E-state index is 0.0875. The molecule has 0 unspecified atom stereocenters. The van der Waals surface area contributed by atoms with Crippen molar-refractivity contribution in [1.29, 1.82) is 0 Å². The van der Waals surface area contributed by atoms with E-state index in [0.717, 1.165) is 49.3 Å². The molecule has 2 aliphatic heterocycles. The number of benzene rings is 2. The van der Waals surface area contributed by atoms with E-state index in [1.54, 1.807) is 21.9 Å². The Morgan fingerprint density at radius 3 is 2.19 bits per heavy atom. The minimum atomic E-state index is -3.01. The molecule has 9 heteroatoms. The van der Waals surface area contributed by atoms with E-state index in [1.165, 1.54) is 12.1 Å². The van der Waals surface area contributed by atoms with Gasteiger partial charge in [0.15, 0.2) is 0 Å². The van der Waals surface area contributed by atoms with Crippen LogP contribution in [0.4, 0.5) is 8.78 Å². The molecule has 2 amide bonds. The minimum Gasteiger partial charge on any atom is -0.434 e. The summed E-state index contributed by atoms with van der Waals surface area (Å²) in [6.45, 7) is -0.892. The van der Waals surface area contributed by atoms with Gasteiger partial charge in [-0.15, -0.1) is 0 Å². The fraction of sp³-hybridized carbons (Fsp3) is 0.370. The smallest absolute Gasteiger partial charge is 0.387 e. The second-order valence-electron chi connectivity index (χ2n) is 9.02. The highest BCUT2D eigenvalue weighted by Gasteiger charge is 2.31. The predicted octanol–water partition coefficient (Wildman–Crippen LogP) is 4.48. The van der Waals surface area contributed by atoms with Gasteiger partial charge in [0.2, 0.25) is 0 Å². The maximum atomic E-state index is 13.6. The number of nitrogens with zero attached hydrogens (tertiary/aromatic N) is 4. The average Bonchev–Trinajstić information content (AvgIpc) is 3.09. The molecule has 0 N–H and O–H groups in total. The van der Waals surface area contributed by atoms with Gasteiger partial charge in [-0.1, -0.05) is 48.9 Å². The second kappa shape index (κ2) is 10.5. The Bertz CT molecular complexity index is 1240. The van der Waals surface area contributed by atoms with E-state index in [2.05, 4.69) is 9.30 Å². The summed E-state index contributed by atoms with van der Waals surface area (Å²) in [4.78, 5) is 34.7. The van der Waals surface area contributed by atoms with Crippen molar-refractivity contribution < 1.29 is 23.1 Å². The summed E-state index contributed by atoms with van der Waals surface area (Å²) in [6, 6.07) is 15.9. The number of carbonyl (C=O) groups is 2. The van der Waals surface area contributed by atoms with Gasteiger partial charge in [0, 0.05) is 38.3 Å². The molecule has 0 atom stereocenters. The molecule has 2 aliphatic rings. The van der Waals surface area contributed by atoms with Crippen molar-refractivity contribution in [1.82, 2.24) is 19.4 Å². The number of carbonyl (C=O) groups excluding carboxylic acids is 2. The summed E-state index contributed by atoms with van der Waals surface area (Å²) in [7, 11) is 0. The fourth-order valence-electron chi connectivity index (χ4n) is 4.97. The van der Waals surface area contributed by atoms with Gasteiger partial charge in [0.25, 0.3) is 11.8 Å². The largest absolute Gasteiger partial charge is 0.434 e. The van der Waals surface area contributed by atoms with Gasteiger partial charge in [-0.2, -0.15) is 8.78 Å². The number of amides is 2. The molecule has 0 aliphatic carbocycles. The Balaban J connectivity index is 1.33. The summed E-state index contributed by atoms with van der Waals surface area (Å²) < 4.78 is 32.2. The molecule has 1 fully saturated rings. The molecule has 36 heavy (non-hydrogen) atoms. The van der Waals surface area contributed by atoms with Crippen LogP contribution in [0.15, 0.2) is 54.6 Å². The van der Waals surface area contributed by atoms with Crippen molar-refractivity contribution >= 4 is 11.8 Å². The van der Waals surface area contributed by atoms with Crippen LogP contribution in [0.5, 0.6) is 5.75 Å². The van der Waals surface area contributed by atoms with E-state index in [1.807, 2.05) is 30.3 Å². The van der Waals surface area contributed by atoms with E-state index in [-0.39, 0.29) is 23.1 Å². The lowest BCUT2D eigenvalue weighted by Crippen LogP contribution is -2.50. The number of fused-ring (bicyclic) bond motifs is 1. The maximum Gasteiger partial charge on any atom is 0.387 e. The van der Waals surface area contributed by atoms with Gasteiger partial charge in [-0.25, -0.2) is 4.98 Å². The lowest BCUT2D eigenvalue weighted by molar-refractivity contribution is -0.0503. The topological polar surface area (TPSA) is 67.7 Å². The van der Waals surface area contributed by atoms with Crippen LogP contribution < -0.4 is 4.74 Å². The van der Waals surface area contributed by atoms with Crippen LogP contribution in [0.3, 0.4) is 0 Å². The SMILES string of the molecule is O=C(c1ccccc1OC(F)F)N1CCN(C(=O)c2nc(-c3ccccc3)n3c2CCCCC3)CC1. The van der Waals surface area contributed by atoms with Gasteiger partial charge >= 0.3 is 6.61 Å². The molecule has 0 saturated carbocycles. The average molecular weight is 495 g/mol. The van der Waals surface area contributed by atoms with Gasteiger partial charge in [-0.05, 0) is 31.4 Å². The summed E-state index contributed by atoms with van der Waals surface area (Å²) >= 11 is 0. The Morgan fingerprint density at radius 1 is 0.806 bits per heavy atom. The van der Waals surface area contributed by atoms with Crippen molar-refractivity contribution in [3.63, 3.8) is 0 Å². The summed E-state index contributed by atoms with van der Waals surface area (Å²) in [5, 5.41) is 0. The predicted molar refractivity (Wildman–Crippen MR) is 130 cm³/mol. The fourth-order valence-corrected chi connectivity index (χ4v) is 4.97. The molecule has 0 bridgehead atoms. The first-order chi connectivity index (χ1) is 17.5. The van der Waals surface area contributed by atoms with Crippen LogP contribution in [-0.2, 0) is 13.0 Å². The van der Waals surface area contributed by atoms with Crippen LogP contribution in [0.2, 0.25) is 0 Å². The van der Waals surface area contributed by atoms with Crippen LogP contribution in [0.1, 0.15) is 45.8 Å². The molecule has 5 rings (SSSR count). The molecule has 1 aromatic heterocycles. The number of ether oxygens (including phenoxy) is 1. The quantitative estimate of drug-likeness (QED) is 0.525. The highest BCUT2D eigenvalue weighted by Crippen LogP contribution is 2.28. The molecule has 7 nitrogen and oxygen atoms in total. The molecule has 0 spiro atoms. The van der Waals surface area contributed by atoms with Crippen LogP contribution in [0, 0.1) is 0 Å². The summed E-state index contributed by atoms with van der Waals surface area (Å²) in [6.07, 6.45) is 3.98. The van der Waals surface area contributed by atoms with Crippen molar-refractivity contribution in [2.24, 2.45) is 0 Å². The summed E-state index contributed by atoms with van der Waals surface area (Å²) in [5.41, 5.74) is 2.54. The third kappa shape index (κ3) is 4.82. The first-order valence-corrected chi connectivity index (χ1v) is 12.3. The number of hydrogen-bond acceptors (Lipinski definition) is 4. The number of para-hydroxylation sites is 1. The zero-order valence-corrected chi connectivity index (χ0v) is 19.9. The van der Waals surface area contributed by atoms with Gasteiger partial charge in [0.05, 0.1) is 11.3 Å². The number of hydrogen-bond donors (Lipinski definition) is 0. The van der Waals surface area contributed by atoms with E-state index in [4.69, 9.17) is 4.98 Å². The molecule has 2 aromatic carbocycles. The maximum absolute atomic E-state index is 13.6. The van der Waals surface area contributed by atoms with E-state index in [9.17, 15) is 18.4 Å². The second-order valence-corrected chi connectivity index (χ2v) is 9.02. The Morgan fingerprint density at radius 2 is 1.47 bits per heavy atom. The van der Waals surface area contributed by atoms with Crippen LogP contribution in [0.25, 0.3) is 11.4 Å². The van der Waals surface area contributed by atoms with E-state index in [0.29, 0.717) is 31.9 Å². The number of imidazole rings is 1. The Labute approximate surface area is 208 Å². The monoisotopic (exact) mass is 494 g/mol. The van der Waals surface area contributed by atoms with Gasteiger partial charge in [0.1, 0.15) is 17.3 Å². The van der Waals surface area contributed by atoms with Crippen molar-refractivity contribution in [2.75, 3.05) is 26.2 Å². The number of piperazine rings is 1. The van der Waals surface area contributed by atoms with E-state index < -0.39 is 6.61 Å². The van der Waals surface area contributed by atoms with Crippen molar-refractivity contribution in [2.45, 2.75) is 38.8 Å². The standard InChI is InChI=1S/C27H28F2N4O3/c28-27(29)36-22-13-7-6-11-20(22)25(34)31-15-17-32(18-16-31)26(35)23-21-12-5-2-8-14-33(21)24(30-23)19-9-3-1-4-10-19/h1,3-4,6-7,9-11,13,27H,2,5,8,12,14-18H2. The van der Waals surface area contributed by atoms with Crippen molar-refractivity contribution in [3.05, 3.63) is 71.5 Å². The van der Waals surface area contributed by atoms with Crippen LogP contribution >= 0.6 is 0 Å². The molecule has 1 saturated heterocycles. The number of alkyl halides is 2. The molecule has 3 aromatic rings. The number of aromatic nitrogens is 2. The first kappa shape index (κ1) is 24.0. The molecular weight excluding hydrogens is 466 g/mol. The van der Waals surface area contributed by atoms with Crippen LogP contribution in [-0.4, -0.2) is 64.0 Å². The third-order valence-electron chi connectivity index (χ3n) is 6.79.